The lowest BCUT2D eigenvalue weighted by Crippen LogP contribution is -1.99. The average molecular weight is 380 g/mol. The van der Waals surface area contributed by atoms with Crippen molar-refractivity contribution in [2.75, 3.05) is 0 Å². The standard InChI is InChI=1S/C13H9BrClFO3S/c14-10-3-1-9(2-4-10)8-19-13-6-5-11(7-12(13)16)20(15,17)18/h1-7H,8H2. The Balaban J connectivity index is 2.12. The van der Waals surface area contributed by atoms with E-state index in [4.69, 9.17) is 15.4 Å². The predicted molar refractivity (Wildman–Crippen MR) is 77.9 cm³/mol. The molecule has 106 valence electrons. The zero-order chi connectivity index (χ0) is 14.8. The second-order valence-electron chi connectivity index (χ2n) is 3.95. The topological polar surface area (TPSA) is 43.4 Å². The first kappa shape index (κ1) is 15.3. The molecule has 0 unspecified atom stereocenters. The molecular formula is C13H9BrClFO3S. The third-order valence-corrected chi connectivity index (χ3v) is 4.37. The molecule has 0 amide bonds. The fraction of sp³-hybridized carbons (Fsp3) is 0.0769. The van der Waals surface area contributed by atoms with Crippen molar-refractivity contribution in [3.63, 3.8) is 0 Å². The largest absolute Gasteiger partial charge is 0.486 e. The summed E-state index contributed by atoms with van der Waals surface area (Å²) in [5.74, 6) is -0.805. The van der Waals surface area contributed by atoms with Gasteiger partial charge in [-0.3, -0.25) is 0 Å². The lowest BCUT2D eigenvalue weighted by Gasteiger charge is -2.08. The van der Waals surface area contributed by atoms with Gasteiger partial charge in [-0.25, -0.2) is 12.8 Å². The van der Waals surface area contributed by atoms with Crippen LogP contribution in [-0.4, -0.2) is 8.42 Å². The van der Waals surface area contributed by atoms with Crippen molar-refractivity contribution in [1.29, 1.82) is 0 Å². The summed E-state index contributed by atoms with van der Waals surface area (Å²) in [6.07, 6.45) is 0. The summed E-state index contributed by atoms with van der Waals surface area (Å²) in [5, 5.41) is 0. The van der Waals surface area contributed by atoms with E-state index in [9.17, 15) is 12.8 Å². The molecule has 0 radical (unpaired) electrons. The molecule has 2 rings (SSSR count). The summed E-state index contributed by atoms with van der Waals surface area (Å²) in [4.78, 5) is -0.298. The van der Waals surface area contributed by atoms with Crippen LogP contribution in [0.5, 0.6) is 5.75 Å². The minimum absolute atomic E-state index is 0.0306. The monoisotopic (exact) mass is 378 g/mol. The number of hydrogen-bond donors (Lipinski definition) is 0. The molecule has 0 saturated heterocycles. The maximum absolute atomic E-state index is 13.7. The Morgan fingerprint density at radius 2 is 1.80 bits per heavy atom. The molecule has 2 aromatic carbocycles. The first-order valence-electron chi connectivity index (χ1n) is 5.48. The molecule has 0 saturated carbocycles. The fourth-order valence-electron chi connectivity index (χ4n) is 1.49. The van der Waals surface area contributed by atoms with Crippen LogP contribution in [0.2, 0.25) is 0 Å². The van der Waals surface area contributed by atoms with E-state index in [0.29, 0.717) is 0 Å². The molecule has 2 aromatic rings. The van der Waals surface area contributed by atoms with E-state index in [0.717, 1.165) is 16.1 Å². The highest BCUT2D eigenvalue weighted by Gasteiger charge is 2.13. The molecule has 0 N–H and O–H groups in total. The maximum Gasteiger partial charge on any atom is 0.261 e. The lowest BCUT2D eigenvalue weighted by molar-refractivity contribution is 0.290. The molecule has 0 spiro atoms. The van der Waals surface area contributed by atoms with Crippen LogP contribution in [0, 0.1) is 5.82 Å². The molecule has 0 aliphatic heterocycles. The molecule has 0 atom stereocenters. The fourth-order valence-corrected chi connectivity index (χ4v) is 2.52. The van der Waals surface area contributed by atoms with Gasteiger partial charge in [0.05, 0.1) is 4.90 Å². The summed E-state index contributed by atoms with van der Waals surface area (Å²) in [5.41, 5.74) is 0.863. The molecule has 0 heterocycles. The van der Waals surface area contributed by atoms with Gasteiger partial charge in [-0.1, -0.05) is 28.1 Å². The van der Waals surface area contributed by atoms with Gasteiger partial charge in [0.2, 0.25) is 0 Å². The summed E-state index contributed by atoms with van der Waals surface area (Å²) in [6, 6.07) is 10.6. The van der Waals surface area contributed by atoms with Crippen molar-refractivity contribution < 1.29 is 17.5 Å². The van der Waals surface area contributed by atoms with E-state index in [-0.39, 0.29) is 17.3 Å². The quantitative estimate of drug-likeness (QED) is 0.751. The SMILES string of the molecule is O=S(=O)(Cl)c1ccc(OCc2ccc(Br)cc2)c(F)c1. The number of benzene rings is 2. The molecule has 20 heavy (non-hydrogen) atoms. The molecule has 0 fully saturated rings. The Morgan fingerprint density at radius 1 is 1.15 bits per heavy atom. The summed E-state index contributed by atoms with van der Waals surface area (Å²) >= 11 is 3.31. The van der Waals surface area contributed by atoms with Crippen LogP contribution in [0.25, 0.3) is 0 Å². The van der Waals surface area contributed by atoms with E-state index < -0.39 is 14.9 Å². The van der Waals surface area contributed by atoms with Crippen LogP contribution in [0.3, 0.4) is 0 Å². The van der Waals surface area contributed by atoms with Gasteiger partial charge in [0.25, 0.3) is 9.05 Å². The molecule has 3 nitrogen and oxygen atoms in total. The Hall–Kier alpha value is -1.11. The van der Waals surface area contributed by atoms with Crippen molar-refractivity contribution in [3.05, 3.63) is 58.3 Å². The van der Waals surface area contributed by atoms with Gasteiger partial charge in [-0.15, -0.1) is 0 Å². The molecular weight excluding hydrogens is 371 g/mol. The minimum atomic E-state index is -3.94. The third-order valence-electron chi connectivity index (χ3n) is 2.49. The number of rotatable bonds is 4. The van der Waals surface area contributed by atoms with Crippen molar-refractivity contribution in [1.82, 2.24) is 0 Å². The van der Waals surface area contributed by atoms with E-state index in [2.05, 4.69) is 15.9 Å². The van der Waals surface area contributed by atoms with Crippen molar-refractivity contribution >= 4 is 35.7 Å². The first-order chi connectivity index (χ1) is 9.36. The van der Waals surface area contributed by atoms with Crippen LogP contribution >= 0.6 is 26.6 Å². The zero-order valence-corrected chi connectivity index (χ0v) is 13.2. The summed E-state index contributed by atoms with van der Waals surface area (Å²) < 4.78 is 42.1. The predicted octanol–water partition coefficient (Wildman–Crippen LogP) is 4.09. The number of halogens is 3. The van der Waals surface area contributed by atoms with Gasteiger partial charge in [-0.05, 0) is 35.9 Å². The lowest BCUT2D eigenvalue weighted by atomic mass is 10.2. The van der Waals surface area contributed by atoms with Crippen LogP contribution in [0.1, 0.15) is 5.56 Å². The Kier molecular flexibility index (Phi) is 4.67. The highest BCUT2D eigenvalue weighted by Crippen LogP contribution is 2.24. The van der Waals surface area contributed by atoms with Gasteiger partial charge < -0.3 is 4.74 Å². The Labute approximate surface area is 128 Å². The van der Waals surface area contributed by atoms with Crippen LogP contribution in [0.4, 0.5) is 4.39 Å². The van der Waals surface area contributed by atoms with Gasteiger partial charge >= 0.3 is 0 Å². The number of ether oxygens (including phenoxy) is 1. The van der Waals surface area contributed by atoms with Gasteiger partial charge in [0, 0.05) is 15.2 Å². The van der Waals surface area contributed by atoms with Crippen molar-refractivity contribution in [2.24, 2.45) is 0 Å². The molecule has 0 bridgehead atoms. The Morgan fingerprint density at radius 3 is 2.35 bits per heavy atom. The first-order valence-corrected chi connectivity index (χ1v) is 8.58. The van der Waals surface area contributed by atoms with E-state index in [1.165, 1.54) is 12.1 Å². The second-order valence-corrected chi connectivity index (χ2v) is 7.43. The van der Waals surface area contributed by atoms with E-state index >= 15 is 0 Å². The van der Waals surface area contributed by atoms with Gasteiger partial charge in [-0.2, -0.15) is 0 Å². The van der Waals surface area contributed by atoms with Gasteiger partial charge in [0.1, 0.15) is 6.61 Å². The molecule has 0 aromatic heterocycles. The molecule has 7 heteroatoms. The minimum Gasteiger partial charge on any atom is -0.486 e. The Bertz CT molecular complexity index is 717. The zero-order valence-electron chi connectivity index (χ0n) is 10.0. The molecule has 0 aliphatic carbocycles. The second kappa shape index (κ2) is 6.11. The maximum atomic E-state index is 13.7. The van der Waals surface area contributed by atoms with E-state index in [1.54, 1.807) is 0 Å². The van der Waals surface area contributed by atoms with Crippen molar-refractivity contribution in [3.8, 4) is 5.75 Å². The van der Waals surface area contributed by atoms with E-state index in [1.807, 2.05) is 24.3 Å². The highest BCUT2D eigenvalue weighted by molar-refractivity contribution is 9.10. The third kappa shape index (κ3) is 3.94. The van der Waals surface area contributed by atoms with Crippen molar-refractivity contribution in [2.45, 2.75) is 11.5 Å². The highest BCUT2D eigenvalue weighted by atomic mass is 79.9. The van der Waals surface area contributed by atoms with Crippen LogP contribution in [-0.2, 0) is 15.7 Å². The molecule has 0 aliphatic rings. The average Bonchev–Trinajstić information content (AvgIpc) is 2.38. The smallest absolute Gasteiger partial charge is 0.261 e. The van der Waals surface area contributed by atoms with Crippen LogP contribution in [0.15, 0.2) is 51.8 Å². The van der Waals surface area contributed by atoms with Crippen LogP contribution < -0.4 is 4.74 Å². The van der Waals surface area contributed by atoms with Gasteiger partial charge in [0.15, 0.2) is 11.6 Å². The normalized spacial score (nSPS) is 11.3. The number of hydrogen-bond acceptors (Lipinski definition) is 3. The summed E-state index contributed by atoms with van der Waals surface area (Å²) in [6.45, 7) is 0.178. The summed E-state index contributed by atoms with van der Waals surface area (Å²) in [7, 11) is 1.19.